The second-order valence-electron chi connectivity index (χ2n) is 6.40. The van der Waals surface area contributed by atoms with Gasteiger partial charge in [0.25, 0.3) is 5.91 Å². The van der Waals surface area contributed by atoms with Crippen molar-refractivity contribution in [1.82, 2.24) is 19.6 Å². The summed E-state index contributed by atoms with van der Waals surface area (Å²) < 4.78 is 28.5. The Morgan fingerprint density at radius 2 is 1.90 bits per heavy atom. The molecule has 3 rings (SSSR count). The van der Waals surface area contributed by atoms with Crippen LogP contribution in [0.2, 0.25) is 0 Å². The molecule has 0 aliphatic carbocycles. The Labute approximate surface area is 170 Å². The van der Waals surface area contributed by atoms with E-state index in [-0.39, 0.29) is 17.3 Å². The summed E-state index contributed by atoms with van der Waals surface area (Å²) in [6.07, 6.45) is 6.84. The number of nitrogens with one attached hydrogen (secondary N) is 2. The van der Waals surface area contributed by atoms with Gasteiger partial charge in [0, 0.05) is 37.6 Å². The van der Waals surface area contributed by atoms with E-state index in [0.717, 1.165) is 11.1 Å². The number of rotatable bonds is 9. The maximum absolute atomic E-state index is 12.4. The molecule has 150 valence electrons. The number of nitrogens with zero attached hydrogens (tertiary/aromatic N) is 2. The number of sulfonamides is 1. The van der Waals surface area contributed by atoms with Gasteiger partial charge in [-0.2, -0.15) is 0 Å². The summed E-state index contributed by atoms with van der Waals surface area (Å²) >= 11 is 0. The highest BCUT2D eigenvalue weighted by Crippen LogP contribution is 2.11. The lowest BCUT2D eigenvalue weighted by Gasteiger charge is -2.09. The number of hydrogen-bond acceptors (Lipinski definition) is 4. The summed E-state index contributed by atoms with van der Waals surface area (Å²) in [5.41, 5.74) is 2.47. The van der Waals surface area contributed by atoms with Crippen molar-refractivity contribution < 1.29 is 13.2 Å². The average Bonchev–Trinajstić information content (AvgIpc) is 3.24. The zero-order valence-corrected chi connectivity index (χ0v) is 16.6. The van der Waals surface area contributed by atoms with E-state index in [4.69, 9.17) is 0 Å². The quantitative estimate of drug-likeness (QED) is 0.530. The molecule has 0 fully saturated rings. The molecule has 0 aliphatic heterocycles. The van der Waals surface area contributed by atoms with Crippen LogP contribution in [-0.4, -0.2) is 30.4 Å². The summed E-state index contributed by atoms with van der Waals surface area (Å²) in [6.45, 7) is 4.70. The molecule has 7 nitrogen and oxygen atoms in total. The second kappa shape index (κ2) is 9.31. The highest BCUT2D eigenvalue weighted by atomic mass is 32.2. The molecule has 0 bridgehead atoms. The summed E-state index contributed by atoms with van der Waals surface area (Å²) in [6, 6.07) is 13.7. The Morgan fingerprint density at radius 1 is 1.14 bits per heavy atom. The first-order chi connectivity index (χ1) is 14.0. The minimum Gasteiger partial charge on any atom is -0.348 e. The number of aromatic nitrogens is 2. The minimum absolute atomic E-state index is 0.100. The van der Waals surface area contributed by atoms with E-state index in [1.807, 2.05) is 35.0 Å². The molecule has 1 heterocycles. The first kappa shape index (κ1) is 20.5. The van der Waals surface area contributed by atoms with Gasteiger partial charge >= 0.3 is 0 Å². The van der Waals surface area contributed by atoms with E-state index in [2.05, 4.69) is 21.6 Å². The van der Waals surface area contributed by atoms with Gasteiger partial charge in [-0.15, -0.1) is 6.58 Å². The first-order valence-corrected chi connectivity index (χ1v) is 10.5. The summed E-state index contributed by atoms with van der Waals surface area (Å²) in [5, 5.41) is 2.86. The lowest BCUT2D eigenvalue weighted by molar-refractivity contribution is 0.0951. The largest absolute Gasteiger partial charge is 0.348 e. The highest BCUT2D eigenvalue weighted by molar-refractivity contribution is 7.89. The van der Waals surface area contributed by atoms with E-state index >= 15 is 0 Å². The van der Waals surface area contributed by atoms with Crippen LogP contribution in [0.15, 0.2) is 84.8 Å². The number of imidazole rings is 1. The fourth-order valence-corrected chi connectivity index (χ4v) is 3.75. The van der Waals surface area contributed by atoms with Crippen LogP contribution in [0, 0.1) is 0 Å². The smallest absolute Gasteiger partial charge is 0.251 e. The van der Waals surface area contributed by atoms with Gasteiger partial charge in [-0.3, -0.25) is 4.79 Å². The van der Waals surface area contributed by atoms with Crippen molar-refractivity contribution in [3.05, 3.63) is 96.6 Å². The number of carbonyl (C=O) groups excluding carboxylic acids is 1. The molecule has 0 unspecified atom stereocenters. The predicted octanol–water partition coefficient (Wildman–Crippen LogP) is 2.33. The Morgan fingerprint density at radius 3 is 2.59 bits per heavy atom. The van der Waals surface area contributed by atoms with Gasteiger partial charge in [0.1, 0.15) is 0 Å². The number of hydrogen-bond donors (Lipinski definition) is 2. The standard InChI is InChI=1S/C21H22N4O3S/c1-2-10-24-29(27,28)20-8-6-19(7-9-20)21(26)23-14-17-4-3-5-18(13-17)15-25-12-11-22-16-25/h2-9,11-13,16,24H,1,10,14-15H2,(H,23,26). The Hall–Kier alpha value is -3.23. The molecule has 1 amide bonds. The highest BCUT2D eigenvalue weighted by Gasteiger charge is 2.14. The Balaban J connectivity index is 1.60. The van der Waals surface area contributed by atoms with Crippen molar-refractivity contribution in [3.8, 4) is 0 Å². The van der Waals surface area contributed by atoms with Gasteiger partial charge < -0.3 is 9.88 Å². The summed E-state index contributed by atoms with van der Waals surface area (Å²) in [5.74, 6) is -0.270. The van der Waals surface area contributed by atoms with Crippen molar-refractivity contribution in [2.24, 2.45) is 0 Å². The van der Waals surface area contributed by atoms with E-state index in [1.54, 1.807) is 12.5 Å². The molecule has 3 aromatic rings. The van der Waals surface area contributed by atoms with Crippen LogP contribution in [0.1, 0.15) is 21.5 Å². The molecule has 0 atom stereocenters. The van der Waals surface area contributed by atoms with Gasteiger partial charge in [0.05, 0.1) is 11.2 Å². The zero-order valence-electron chi connectivity index (χ0n) is 15.8. The first-order valence-electron chi connectivity index (χ1n) is 9.00. The minimum atomic E-state index is -3.61. The third-order valence-electron chi connectivity index (χ3n) is 4.21. The Kier molecular flexibility index (Phi) is 6.58. The second-order valence-corrected chi connectivity index (χ2v) is 8.17. The van der Waals surface area contributed by atoms with E-state index in [9.17, 15) is 13.2 Å². The van der Waals surface area contributed by atoms with E-state index < -0.39 is 10.0 Å². The molecule has 0 spiro atoms. The van der Waals surface area contributed by atoms with Gasteiger partial charge in [0.2, 0.25) is 10.0 Å². The lowest BCUT2D eigenvalue weighted by atomic mass is 10.1. The SMILES string of the molecule is C=CCNS(=O)(=O)c1ccc(C(=O)NCc2cccc(Cn3ccnc3)c2)cc1. The number of benzene rings is 2. The maximum Gasteiger partial charge on any atom is 0.251 e. The topological polar surface area (TPSA) is 93.1 Å². The van der Waals surface area contributed by atoms with Crippen molar-refractivity contribution >= 4 is 15.9 Å². The number of carbonyl (C=O) groups is 1. The third-order valence-corrected chi connectivity index (χ3v) is 5.65. The predicted molar refractivity (Wildman–Crippen MR) is 111 cm³/mol. The van der Waals surface area contributed by atoms with Gasteiger partial charge in [0.15, 0.2) is 0 Å². The average molecular weight is 410 g/mol. The van der Waals surface area contributed by atoms with Crippen LogP contribution in [0.5, 0.6) is 0 Å². The van der Waals surface area contributed by atoms with Crippen molar-refractivity contribution in [2.45, 2.75) is 18.0 Å². The van der Waals surface area contributed by atoms with Crippen LogP contribution >= 0.6 is 0 Å². The molecular formula is C21H22N4O3S. The summed E-state index contributed by atoms with van der Waals surface area (Å²) in [7, 11) is -3.61. The van der Waals surface area contributed by atoms with Crippen molar-refractivity contribution in [2.75, 3.05) is 6.54 Å². The molecule has 1 aromatic heterocycles. The van der Waals surface area contributed by atoms with Crippen LogP contribution in [0.3, 0.4) is 0 Å². The van der Waals surface area contributed by atoms with Crippen molar-refractivity contribution in [1.29, 1.82) is 0 Å². The molecule has 8 heteroatoms. The molecule has 0 saturated carbocycles. The fraction of sp³-hybridized carbons (Fsp3) is 0.143. The molecule has 0 radical (unpaired) electrons. The Bertz CT molecular complexity index is 1080. The van der Waals surface area contributed by atoms with Crippen LogP contribution in [0.4, 0.5) is 0 Å². The molecule has 2 aromatic carbocycles. The van der Waals surface area contributed by atoms with Gasteiger partial charge in [-0.05, 0) is 35.4 Å². The van der Waals surface area contributed by atoms with Crippen LogP contribution < -0.4 is 10.0 Å². The van der Waals surface area contributed by atoms with Crippen molar-refractivity contribution in [3.63, 3.8) is 0 Å². The van der Waals surface area contributed by atoms with Crippen LogP contribution in [-0.2, 0) is 23.1 Å². The zero-order chi connectivity index (χ0) is 20.7. The molecule has 2 N–H and O–H groups in total. The molecule has 29 heavy (non-hydrogen) atoms. The molecular weight excluding hydrogens is 388 g/mol. The molecule has 0 aliphatic rings. The third kappa shape index (κ3) is 5.63. The van der Waals surface area contributed by atoms with E-state index in [1.165, 1.54) is 30.3 Å². The van der Waals surface area contributed by atoms with Crippen LogP contribution in [0.25, 0.3) is 0 Å². The van der Waals surface area contributed by atoms with Gasteiger partial charge in [-0.25, -0.2) is 18.1 Å². The molecule has 0 saturated heterocycles. The number of amides is 1. The fourth-order valence-electron chi connectivity index (χ4n) is 2.75. The van der Waals surface area contributed by atoms with Gasteiger partial charge in [-0.1, -0.05) is 30.3 Å². The normalized spacial score (nSPS) is 11.2. The monoisotopic (exact) mass is 410 g/mol. The maximum atomic E-state index is 12.4. The van der Waals surface area contributed by atoms with E-state index in [0.29, 0.717) is 18.7 Å². The lowest BCUT2D eigenvalue weighted by Crippen LogP contribution is -2.24. The summed E-state index contributed by atoms with van der Waals surface area (Å²) in [4.78, 5) is 16.5.